The third kappa shape index (κ3) is 3.46. The lowest BCUT2D eigenvalue weighted by Crippen LogP contribution is -2.55. The number of hydrogen-bond donors (Lipinski definition) is 3. The summed E-state index contributed by atoms with van der Waals surface area (Å²) in [6, 6.07) is -0.582. The van der Waals surface area contributed by atoms with Crippen LogP contribution in [0.4, 0.5) is 4.79 Å². The van der Waals surface area contributed by atoms with E-state index in [4.69, 9.17) is 5.11 Å². The van der Waals surface area contributed by atoms with Crippen LogP contribution in [0.1, 0.15) is 39.0 Å². The first-order valence-corrected chi connectivity index (χ1v) is 7.44. The molecule has 3 N–H and O–H groups in total. The minimum absolute atomic E-state index is 0.102. The molecule has 2 heterocycles. The van der Waals surface area contributed by atoms with Gasteiger partial charge in [0.1, 0.15) is 6.04 Å². The number of amides is 3. The fourth-order valence-corrected chi connectivity index (χ4v) is 3.58. The highest BCUT2D eigenvalue weighted by Crippen LogP contribution is 2.39. The third-order valence-electron chi connectivity index (χ3n) is 4.51. The second-order valence-corrected chi connectivity index (χ2v) is 6.01. The van der Waals surface area contributed by atoms with Gasteiger partial charge in [0.15, 0.2) is 0 Å². The number of rotatable bonds is 4. The molecule has 0 aromatic rings. The van der Waals surface area contributed by atoms with Crippen molar-refractivity contribution >= 4 is 17.9 Å². The topological polar surface area (TPSA) is 98.7 Å². The third-order valence-corrected chi connectivity index (χ3v) is 4.51. The van der Waals surface area contributed by atoms with Gasteiger partial charge in [-0.25, -0.2) is 4.79 Å². The summed E-state index contributed by atoms with van der Waals surface area (Å²) in [7, 11) is 1.53. The molecule has 3 unspecified atom stereocenters. The lowest BCUT2D eigenvalue weighted by atomic mass is 9.88. The number of carbonyl (C=O) groups excluding carboxylic acids is 2. The van der Waals surface area contributed by atoms with Crippen LogP contribution in [0.15, 0.2) is 0 Å². The van der Waals surface area contributed by atoms with Gasteiger partial charge in [0.25, 0.3) is 0 Å². The Hall–Kier alpha value is -1.79. The Balaban J connectivity index is 1.95. The zero-order valence-electron chi connectivity index (χ0n) is 12.5. The molecule has 2 bridgehead atoms. The number of fused-ring (bicyclic) bond motifs is 2. The first kappa shape index (κ1) is 15.6. The summed E-state index contributed by atoms with van der Waals surface area (Å²) in [6.45, 7) is 1.65. The first-order valence-electron chi connectivity index (χ1n) is 7.44. The molecule has 2 saturated heterocycles. The molecule has 2 fully saturated rings. The zero-order valence-corrected chi connectivity index (χ0v) is 12.5. The predicted octanol–water partition coefficient (Wildman–Crippen LogP) is 0.548. The van der Waals surface area contributed by atoms with Crippen LogP contribution in [0.3, 0.4) is 0 Å². The first-order chi connectivity index (χ1) is 9.92. The standard InChI is InChI=1S/C14H23N3O4/c1-8(13(20)15-2)16-14(21)17-10-3-4-11(17)6-9(5-10)7-12(18)19/h8-11H,3-7H2,1-2H3,(H,15,20)(H,16,21)(H,18,19). The minimum Gasteiger partial charge on any atom is -0.481 e. The monoisotopic (exact) mass is 297 g/mol. The van der Waals surface area contributed by atoms with Gasteiger partial charge < -0.3 is 20.6 Å². The Morgan fingerprint density at radius 1 is 1.24 bits per heavy atom. The fraction of sp³-hybridized carbons (Fsp3) is 0.786. The summed E-state index contributed by atoms with van der Waals surface area (Å²) in [5, 5.41) is 14.1. The van der Waals surface area contributed by atoms with Gasteiger partial charge in [0, 0.05) is 25.6 Å². The number of carbonyl (C=O) groups is 3. The Bertz CT molecular complexity index is 426. The van der Waals surface area contributed by atoms with Gasteiger partial charge in [0.05, 0.1) is 0 Å². The summed E-state index contributed by atoms with van der Waals surface area (Å²) in [5.41, 5.74) is 0. The average molecular weight is 297 g/mol. The van der Waals surface area contributed by atoms with E-state index in [0.717, 1.165) is 25.7 Å². The van der Waals surface area contributed by atoms with Crippen molar-refractivity contribution in [2.75, 3.05) is 7.05 Å². The molecule has 118 valence electrons. The van der Waals surface area contributed by atoms with Crippen molar-refractivity contribution in [2.24, 2.45) is 5.92 Å². The van der Waals surface area contributed by atoms with Crippen LogP contribution in [0, 0.1) is 5.92 Å². The Kier molecular flexibility index (Phi) is 4.69. The van der Waals surface area contributed by atoms with Gasteiger partial charge in [-0.3, -0.25) is 9.59 Å². The molecule has 7 heteroatoms. The molecule has 3 atom stereocenters. The summed E-state index contributed by atoms with van der Waals surface area (Å²) in [5.74, 6) is -0.845. The molecule has 0 spiro atoms. The van der Waals surface area contributed by atoms with Gasteiger partial charge in [-0.1, -0.05) is 0 Å². The molecule has 7 nitrogen and oxygen atoms in total. The number of aliphatic carboxylic acids is 1. The second-order valence-electron chi connectivity index (χ2n) is 6.01. The van der Waals surface area contributed by atoms with Crippen LogP contribution in [0.2, 0.25) is 0 Å². The molecule has 21 heavy (non-hydrogen) atoms. The van der Waals surface area contributed by atoms with E-state index in [1.54, 1.807) is 6.92 Å². The van der Waals surface area contributed by atoms with E-state index < -0.39 is 12.0 Å². The van der Waals surface area contributed by atoms with Gasteiger partial charge in [0.2, 0.25) is 5.91 Å². The molecule has 0 aromatic carbocycles. The SMILES string of the molecule is CNC(=O)C(C)NC(=O)N1C2CCC1CC(CC(=O)O)C2. The second kappa shape index (κ2) is 6.32. The van der Waals surface area contributed by atoms with E-state index in [2.05, 4.69) is 10.6 Å². The highest BCUT2D eigenvalue weighted by atomic mass is 16.4. The molecule has 0 radical (unpaired) electrons. The number of piperidine rings is 1. The van der Waals surface area contributed by atoms with Gasteiger partial charge >= 0.3 is 12.0 Å². The van der Waals surface area contributed by atoms with E-state index in [1.165, 1.54) is 7.05 Å². The number of likely N-dealkylation sites (N-methyl/N-ethyl adjacent to an activating group) is 1. The summed E-state index contributed by atoms with van der Waals surface area (Å²) in [4.78, 5) is 36.5. The number of nitrogens with zero attached hydrogens (tertiary/aromatic N) is 1. The molecule has 0 aliphatic carbocycles. The molecule has 3 amide bonds. The Morgan fingerprint density at radius 3 is 2.29 bits per heavy atom. The molecular weight excluding hydrogens is 274 g/mol. The maximum atomic E-state index is 12.3. The lowest BCUT2D eigenvalue weighted by molar-refractivity contribution is -0.138. The maximum absolute atomic E-state index is 12.3. The number of nitrogens with one attached hydrogen (secondary N) is 2. The number of urea groups is 1. The van der Waals surface area contributed by atoms with Gasteiger partial charge in [-0.15, -0.1) is 0 Å². The highest BCUT2D eigenvalue weighted by Gasteiger charge is 2.43. The Morgan fingerprint density at radius 2 is 1.81 bits per heavy atom. The van der Waals surface area contributed by atoms with Crippen molar-refractivity contribution in [3.05, 3.63) is 0 Å². The normalized spacial score (nSPS) is 28.9. The van der Waals surface area contributed by atoms with Crippen molar-refractivity contribution in [1.29, 1.82) is 0 Å². The van der Waals surface area contributed by atoms with Crippen molar-refractivity contribution in [3.63, 3.8) is 0 Å². The van der Waals surface area contributed by atoms with E-state index in [1.807, 2.05) is 4.90 Å². The van der Waals surface area contributed by atoms with Crippen molar-refractivity contribution in [3.8, 4) is 0 Å². The number of carboxylic acid groups (broad SMARTS) is 1. The lowest BCUT2D eigenvalue weighted by Gasteiger charge is -2.39. The highest BCUT2D eigenvalue weighted by molar-refractivity contribution is 5.86. The van der Waals surface area contributed by atoms with Crippen molar-refractivity contribution in [2.45, 2.75) is 57.2 Å². The molecular formula is C14H23N3O4. The van der Waals surface area contributed by atoms with E-state index in [0.29, 0.717) is 0 Å². The van der Waals surface area contributed by atoms with E-state index in [-0.39, 0.29) is 36.4 Å². The minimum atomic E-state index is -0.773. The largest absolute Gasteiger partial charge is 0.481 e. The smallest absolute Gasteiger partial charge is 0.318 e. The van der Waals surface area contributed by atoms with Crippen LogP contribution in [0.5, 0.6) is 0 Å². The van der Waals surface area contributed by atoms with Gasteiger partial charge in [-0.05, 0) is 38.5 Å². The molecule has 0 aromatic heterocycles. The summed E-state index contributed by atoms with van der Waals surface area (Å²) in [6.07, 6.45) is 3.50. The number of hydrogen-bond acceptors (Lipinski definition) is 3. The van der Waals surface area contributed by atoms with Crippen molar-refractivity contribution < 1.29 is 19.5 Å². The van der Waals surface area contributed by atoms with Gasteiger partial charge in [-0.2, -0.15) is 0 Å². The quantitative estimate of drug-likeness (QED) is 0.705. The van der Waals surface area contributed by atoms with Crippen LogP contribution in [-0.4, -0.2) is 53.1 Å². The number of carboxylic acids is 1. The maximum Gasteiger partial charge on any atom is 0.318 e. The van der Waals surface area contributed by atoms with Crippen molar-refractivity contribution in [1.82, 2.24) is 15.5 Å². The summed E-state index contributed by atoms with van der Waals surface area (Å²) < 4.78 is 0. The molecule has 2 aliphatic rings. The van der Waals surface area contributed by atoms with Crippen LogP contribution >= 0.6 is 0 Å². The molecule has 0 saturated carbocycles. The van der Waals surface area contributed by atoms with Crippen LogP contribution in [0.25, 0.3) is 0 Å². The fourth-order valence-electron chi connectivity index (χ4n) is 3.58. The zero-order chi connectivity index (χ0) is 15.6. The van der Waals surface area contributed by atoms with E-state index >= 15 is 0 Å². The molecule has 2 rings (SSSR count). The Labute approximate surface area is 124 Å². The van der Waals surface area contributed by atoms with E-state index in [9.17, 15) is 14.4 Å². The summed E-state index contributed by atoms with van der Waals surface area (Å²) >= 11 is 0. The average Bonchev–Trinajstić information content (AvgIpc) is 2.69. The molecule has 2 aliphatic heterocycles. The van der Waals surface area contributed by atoms with Crippen LogP contribution in [-0.2, 0) is 9.59 Å². The predicted molar refractivity (Wildman–Crippen MR) is 75.7 cm³/mol. The van der Waals surface area contributed by atoms with Crippen LogP contribution < -0.4 is 10.6 Å².